The molecule has 8 heteroatoms. The van der Waals surface area contributed by atoms with Crippen LogP contribution in [0.3, 0.4) is 0 Å². The van der Waals surface area contributed by atoms with Gasteiger partial charge in [-0.3, -0.25) is 4.98 Å². The number of phenolic OH excluding ortho intramolecular Hbond substituents is 1. The van der Waals surface area contributed by atoms with Crippen LogP contribution in [0.2, 0.25) is 10.0 Å². The highest BCUT2D eigenvalue weighted by Crippen LogP contribution is 2.46. The molecule has 5 rings (SSSR count). The number of nitrogens with zero attached hydrogens (tertiary/aromatic N) is 3. The minimum atomic E-state index is -0.256. The Labute approximate surface area is 213 Å². The van der Waals surface area contributed by atoms with Gasteiger partial charge in [-0.05, 0) is 74.1 Å². The molecule has 1 aliphatic heterocycles. The van der Waals surface area contributed by atoms with E-state index < -0.39 is 0 Å². The summed E-state index contributed by atoms with van der Waals surface area (Å²) in [5.41, 5.74) is 5.35. The first kappa shape index (κ1) is 22.7. The Hall–Kier alpha value is -3.06. The van der Waals surface area contributed by atoms with Crippen molar-refractivity contribution in [3.8, 4) is 11.4 Å². The Kier molecular flexibility index (Phi) is 5.98. The molecule has 0 bridgehead atoms. The predicted molar refractivity (Wildman–Crippen MR) is 141 cm³/mol. The van der Waals surface area contributed by atoms with E-state index in [9.17, 15) is 5.11 Å². The summed E-state index contributed by atoms with van der Waals surface area (Å²) in [4.78, 5) is 6.58. The highest BCUT2D eigenvalue weighted by molar-refractivity contribution is 7.80. The van der Waals surface area contributed by atoms with Gasteiger partial charge in [-0.15, -0.1) is 0 Å². The number of halogens is 2. The number of aromatic nitrogens is 2. The highest BCUT2D eigenvalue weighted by atomic mass is 35.5. The van der Waals surface area contributed by atoms with Crippen molar-refractivity contribution >= 4 is 46.2 Å². The third-order valence-electron chi connectivity index (χ3n) is 6.20. The Morgan fingerprint density at radius 2 is 1.71 bits per heavy atom. The quantitative estimate of drug-likeness (QED) is 0.301. The van der Waals surface area contributed by atoms with E-state index in [1.54, 1.807) is 24.4 Å². The third kappa shape index (κ3) is 3.72. The van der Waals surface area contributed by atoms with Crippen LogP contribution in [0.1, 0.15) is 34.7 Å². The summed E-state index contributed by atoms with van der Waals surface area (Å²) in [5, 5.41) is 15.7. The summed E-state index contributed by atoms with van der Waals surface area (Å²) in [5.74, 6) is 0.157. The molecule has 1 aliphatic rings. The van der Waals surface area contributed by atoms with Gasteiger partial charge < -0.3 is 19.9 Å². The maximum absolute atomic E-state index is 10.7. The van der Waals surface area contributed by atoms with E-state index in [-0.39, 0.29) is 17.8 Å². The smallest absolute Gasteiger partial charge is 0.174 e. The van der Waals surface area contributed by atoms with Gasteiger partial charge in [-0.25, -0.2) is 0 Å². The molecular weight excluding hydrogens is 487 g/mol. The van der Waals surface area contributed by atoms with Crippen molar-refractivity contribution < 1.29 is 5.11 Å². The second-order valence-electron chi connectivity index (χ2n) is 8.22. The van der Waals surface area contributed by atoms with Gasteiger partial charge in [0.25, 0.3) is 0 Å². The van der Waals surface area contributed by atoms with E-state index in [4.69, 9.17) is 35.4 Å². The van der Waals surface area contributed by atoms with Crippen LogP contribution in [0.15, 0.2) is 72.9 Å². The molecule has 0 amide bonds. The summed E-state index contributed by atoms with van der Waals surface area (Å²) < 4.78 is 2.10. The molecule has 0 unspecified atom stereocenters. The summed E-state index contributed by atoms with van der Waals surface area (Å²) in [6.07, 6.45) is 1.77. The van der Waals surface area contributed by atoms with E-state index in [2.05, 4.69) is 27.9 Å². The van der Waals surface area contributed by atoms with Gasteiger partial charge in [0.05, 0.1) is 39.2 Å². The average molecular weight is 509 g/mol. The SMILES string of the molecule is Cc1cc([C@H]2[C@@H](c3ccccn3)NC(=S)N2c2ccccc2O)c(C)n1-c1cccc(Cl)c1Cl. The number of para-hydroxylation sites is 2. The summed E-state index contributed by atoms with van der Waals surface area (Å²) in [6, 6.07) is 20.3. The molecular formula is C26H22Cl2N4OS. The van der Waals surface area contributed by atoms with Crippen molar-refractivity contribution in [2.75, 3.05) is 4.90 Å². The van der Waals surface area contributed by atoms with Crippen molar-refractivity contribution in [1.82, 2.24) is 14.9 Å². The van der Waals surface area contributed by atoms with E-state index in [1.165, 1.54) is 0 Å². The molecule has 0 spiro atoms. The van der Waals surface area contributed by atoms with E-state index in [0.29, 0.717) is 20.8 Å². The topological polar surface area (TPSA) is 53.3 Å². The van der Waals surface area contributed by atoms with E-state index in [0.717, 1.165) is 28.3 Å². The van der Waals surface area contributed by atoms with E-state index >= 15 is 0 Å². The molecule has 172 valence electrons. The molecule has 4 aromatic rings. The predicted octanol–water partition coefficient (Wildman–Crippen LogP) is 6.68. The maximum Gasteiger partial charge on any atom is 0.174 e. The van der Waals surface area contributed by atoms with Crippen LogP contribution in [0, 0.1) is 13.8 Å². The molecule has 2 atom stereocenters. The summed E-state index contributed by atoms with van der Waals surface area (Å²) >= 11 is 18.7. The van der Waals surface area contributed by atoms with Crippen molar-refractivity contribution in [2.24, 2.45) is 0 Å². The molecule has 2 aromatic heterocycles. The lowest BCUT2D eigenvalue weighted by Crippen LogP contribution is -2.29. The van der Waals surface area contributed by atoms with Crippen LogP contribution in [-0.2, 0) is 0 Å². The summed E-state index contributed by atoms with van der Waals surface area (Å²) in [6.45, 7) is 4.09. The number of aromatic hydroxyl groups is 1. The van der Waals surface area contributed by atoms with Gasteiger partial charge in [0, 0.05) is 17.6 Å². The van der Waals surface area contributed by atoms with Crippen molar-refractivity contribution in [1.29, 1.82) is 0 Å². The van der Waals surface area contributed by atoms with Crippen LogP contribution in [0.25, 0.3) is 5.69 Å². The Morgan fingerprint density at radius 1 is 0.971 bits per heavy atom. The monoisotopic (exact) mass is 508 g/mol. The fourth-order valence-electron chi connectivity index (χ4n) is 4.72. The van der Waals surface area contributed by atoms with Gasteiger partial charge in [-0.2, -0.15) is 0 Å². The lowest BCUT2D eigenvalue weighted by Gasteiger charge is -2.28. The number of nitrogens with one attached hydrogen (secondary N) is 1. The zero-order valence-electron chi connectivity index (χ0n) is 18.5. The first-order chi connectivity index (χ1) is 16.4. The summed E-state index contributed by atoms with van der Waals surface area (Å²) in [7, 11) is 0. The number of phenols is 1. The van der Waals surface area contributed by atoms with Crippen LogP contribution in [-0.4, -0.2) is 19.8 Å². The fraction of sp³-hybridized carbons (Fsp3) is 0.154. The molecule has 0 aliphatic carbocycles. The number of aryl methyl sites for hydroxylation is 1. The van der Waals surface area contributed by atoms with Crippen LogP contribution < -0.4 is 10.2 Å². The molecule has 1 saturated heterocycles. The molecule has 5 nitrogen and oxygen atoms in total. The van der Waals surface area contributed by atoms with Crippen LogP contribution in [0.4, 0.5) is 5.69 Å². The molecule has 2 aromatic carbocycles. The second-order valence-corrected chi connectivity index (χ2v) is 9.39. The fourth-order valence-corrected chi connectivity index (χ4v) is 5.44. The molecule has 0 saturated carbocycles. The van der Waals surface area contributed by atoms with Crippen LogP contribution in [0.5, 0.6) is 5.75 Å². The van der Waals surface area contributed by atoms with Gasteiger partial charge in [0.15, 0.2) is 5.11 Å². The zero-order chi connectivity index (χ0) is 24.0. The molecule has 34 heavy (non-hydrogen) atoms. The number of pyridine rings is 1. The minimum Gasteiger partial charge on any atom is -0.506 e. The number of benzene rings is 2. The Morgan fingerprint density at radius 3 is 2.44 bits per heavy atom. The van der Waals surface area contributed by atoms with E-state index in [1.807, 2.05) is 54.3 Å². The van der Waals surface area contributed by atoms with Gasteiger partial charge in [0.1, 0.15) is 5.75 Å². The Bertz CT molecular complexity index is 1390. The third-order valence-corrected chi connectivity index (χ3v) is 7.32. The first-order valence-electron chi connectivity index (χ1n) is 10.8. The molecule has 0 radical (unpaired) electrons. The second kappa shape index (κ2) is 8.95. The standard InChI is InChI=1S/C26H22Cl2N4OS/c1-15-14-17(16(2)31(15)21-11-7-8-18(27)23(21)28)25-24(19-9-5-6-13-29-19)30-26(34)32(25)20-10-3-4-12-22(20)33/h3-14,24-25,33H,1-2H3,(H,30,34)/t24-,25+/m1/s1. The van der Waals surface area contributed by atoms with Gasteiger partial charge in [-0.1, -0.05) is 47.5 Å². The highest BCUT2D eigenvalue weighted by Gasteiger charge is 2.43. The zero-order valence-corrected chi connectivity index (χ0v) is 20.9. The van der Waals surface area contributed by atoms with Crippen molar-refractivity contribution in [2.45, 2.75) is 25.9 Å². The lowest BCUT2D eigenvalue weighted by molar-refractivity contribution is 0.472. The Balaban J connectivity index is 1.72. The molecule has 1 fully saturated rings. The number of rotatable bonds is 4. The number of anilines is 1. The normalized spacial score (nSPS) is 17.8. The van der Waals surface area contributed by atoms with Crippen molar-refractivity contribution in [3.05, 3.63) is 106 Å². The maximum atomic E-state index is 10.7. The largest absolute Gasteiger partial charge is 0.506 e. The molecule has 3 heterocycles. The first-order valence-corrected chi connectivity index (χ1v) is 12.0. The minimum absolute atomic E-state index is 0.157. The van der Waals surface area contributed by atoms with Gasteiger partial charge >= 0.3 is 0 Å². The lowest BCUT2D eigenvalue weighted by atomic mass is 9.96. The number of hydrogen-bond donors (Lipinski definition) is 2. The molecule has 2 N–H and O–H groups in total. The number of hydrogen-bond acceptors (Lipinski definition) is 3. The van der Waals surface area contributed by atoms with Crippen molar-refractivity contribution in [3.63, 3.8) is 0 Å². The van der Waals surface area contributed by atoms with Gasteiger partial charge in [0.2, 0.25) is 0 Å². The average Bonchev–Trinajstić information content (AvgIpc) is 3.32. The number of thiocarbonyl (C=S) groups is 1. The van der Waals surface area contributed by atoms with Crippen LogP contribution >= 0.6 is 35.4 Å².